The molecule has 0 aromatic heterocycles. The molecule has 0 aliphatic carbocycles. The van der Waals surface area contributed by atoms with Crippen LogP contribution in [-0.4, -0.2) is 11.7 Å². The highest BCUT2D eigenvalue weighted by Crippen LogP contribution is 2.08. The zero-order valence-electron chi connectivity index (χ0n) is 8.16. The van der Waals surface area contributed by atoms with Gasteiger partial charge in [0.25, 0.3) is 0 Å². The number of rotatable bonds is 4. The van der Waals surface area contributed by atoms with Crippen LogP contribution in [0.25, 0.3) is 6.08 Å². The second-order valence-corrected chi connectivity index (χ2v) is 3.26. The highest BCUT2D eigenvalue weighted by atomic mass is 35.5. The van der Waals surface area contributed by atoms with Gasteiger partial charge in [-0.3, -0.25) is 4.79 Å². The highest BCUT2D eigenvalue weighted by molar-refractivity contribution is 6.19. The molecule has 0 N–H and O–H groups in total. The van der Waals surface area contributed by atoms with E-state index in [1.54, 1.807) is 0 Å². The summed E-state index contributed by atoms with van der Waals surface area (Å²) in [6, 6.07) is 7.54. The van der Waals surface area contributed by atoms with E-state index in [0.29, 0.717) is 12.3 Å². The first-order chi connectivity index (χ1) is 6.77. The molecule has 0 spiro atoms. The van der Waals surface area contributed by atoms with Crippen molar-refractivity contribution in [3.05, 3.63) is 41.5 Å². The predicted octanol–water partition coefficient (Wildman–Crippen LogP) is 3.53. The first-order valence-electron chi connectivity index (χ1n) is 4.63. The molecule has 0 atom stereocenters. The third-order valence-electron chi connectivity index (χ3n) is 1.95. The SMILES string of the molecule is CCC(=O)c1ccc(C=CCCl)cc1. The molecule has 0 saturated heterocycles. The first kappa shape index (κ1) is 11.0. The van der Waals surface area contributed by atoms with Gasteiger partial charge < -0.3 is 0 Å². The van der Waals surface area contributed by atoms with Crippen LogP contribution in [0, 0.1) is 0 Å². The molecule has 0 bridgehead atoms. The van der Waals surface area contributed by atoms with Crippen LogP contribution >= 0.6 is 11.6 Å². The van der Waals surface area contributed by atoms with E-state index in [1.165, 1.54) is 0 Å². The van der Waals surface area contributed by atoms with Gasteiger partial charge in [-0.25, -0.2) is 0 Å². The van der Waals surface area contributed by atoms with Gasteiger partial charge >= 0.3 is 0 Å². The summed E-state index contributed by atoms with van der Waals surface area (Å²) in [7, 11) is 0. The number of hydrogen-bond donors (Lipinski definition) is 0. The summed E-state index contributed by atoms with van der Waals surface area (Å²) in [5.74, 6) is 0.688. The third-order valence-corrected chi connectivity index (χ3v) is 2.13. The summed E-state index contributed by atoms with van der Waals surface area (Å²) in [5, 5.41) is 0. The average molecular weight is 209 g/mol. The van der Waals surface area contributed by atoms with E-state index >= 15 is 0 Å². The third kappa shape index (κ3) is 3.00. The second-order valence-electron chi connectivity index (χ2n) is 2.96. The Labute approximate surface area is 89.4 Å². The lowest BCUT2D eigenvalue weighted by Gasteiger charge is -1.98. The number of allylic oxidation sites excluding steroid dienone is 1. The fourth-order valence-corrected chi connectivity index (χ4v) is 1.25. The van der Waals surface area contributed by atoms with Crippen molar-refractivity contribution in [1.82, 2.24) is 0 Å². The van der Waals surface area contributed by atoms with Crippen LogP contribution in [0.2, 0.25) is 0 Å². The Hall–Kier alpha value is -1.08. The van der Waals surface area contributed by atoms with Gasteiger partial charge in [0.2, 0.25) is 0 Å². The topological polar surface area (TPSA) is 17.1 Å². The molecular weight excluding hydrogens is 196 g/mol. The molecule has 74 valence electrons. The van der Waals surface area contributed by atoms with Crippen molar-refractivity contribution in [2.24, 2.45) is 0 Å². The number of hydrogen-bond acceptors (Lipinski definition) is 1. The lowest BCUT2D eigenvalue weighted by atomic mass is 10.1. The maximum Gasteiger partial charge on any atom is 0.162 e. The second kappa shape index (κ2) is 5.61. The smallest absolute Gasteiger partial charge is 0.162 e. The van der Waals surface area contributed by atoms with E-state index in [-0.39, 0.29) is 5.78 Å². The monoisotopic (exact) mass is 208 g/mol. The molecule has 0 unspecified atom stereocenters. The van der Waals surface area contributed by atoms with Crippen molar-refractivity contribution in [2.45, 2.75) is 13.3 Å². The Morgan fingerprint density at radius 1 is 1.36 bits per heavy atom. The Balaban J connectivity index is 2.78. The molecule has 2 heteroatoms. The summed E-state index contributed by atoms with van der Waals surface area (Å²) >= 11 is 5.51. The van der Waals surface area contributed by atoms with Crippen LogP contribution in [0.5, 0.6) is 0 Å². The molecule has 1 aromatic carbocycles. The molecule has 0 fully saturated rings. The predicted molar refractivity (Wildman–Crippen MR) is 60.8 cm³/mol. The van der Waals surface area contributed by atoms with Crippen molar-refractivity contribution in [3.8, 4) is 0 Å². The largest absolute Gasteiger partial charge is 0.294 e. The molecular formula is C12H13ClO. The maximum absolute atomic E-state index is 11.3. The van der Waals surface area contributed by atoms with E-state index in [0.717, 1.165) is 11.1 Å². The Morgan fingerprint density at radius 2 is 2.00 bits per heavy atom. The standard InChI is InChI=1S/C12H13ClO/c1-2-12(14)11-7-5-10(6-8-11)4-3-9-13/h3-8H,2,9H2,1H3. The zero-order chi connectivity index (χ0) is 10.4. The molecule has 0 aliphatic rings. The van der Waals surface area contributed by atoms with Gasteiger partial charge in [0.1, 0.15) is 0 Å². The average Bonchev–Trinajstić information content (AvgIpc) is 2.26. The van der Waals surface area contributed by atoms with Crippen molar-refractivity contribution in [2.75, 3.05) is 5.88 Å². The van der Waals surface area contributed by atoms with Crippen LogP contribution in [0.15, 0.2) is 30.3 Å². The minimum absolute atomic E-state index is 0.179. The maximum atomic E-state index is 11.3. The first-order valence-corrected chi connectivity index (χ1v) is 5.17. The molecule has 0 aliphatic heterocycles. The summed E-state index contributed by atoms with van der Waals surface area (Å²) in [5.41, 5.74) is 1.84. The number of carbonyl (C=O) groups excluding carboxylic acids is 1. The van der Waals surface area contributed by atoms with Crippen molar-refractivity contribution >= 4 is 23.5 Å². The molecule has 0 amide bonds. The van der Waals surface area contributed by atoms with Crippen molar-refractivity contribution in [1.29, 1.82) is 0 Å². The molecule has 14 heavy (non-hydrogen) atoms. The summed E-state index contributed by atoms with van der Waals surface area (Å²) < 4.78 is 0. The van der Waals surface area contributed by atoms with Crippen LogP contribution < -0.4 is 0 Å². The van der Waals surface area contributed by atoms with E-state index in [9.17, 15) is 4.79 Å². The molecule has 1 nitrogen and oxygen atoms in total. The fraction of sp³-hybridized carbons (Fsp3) is 0.250. The number of Topliss-reactive ketones (excluding diaryl/α,β-unsaturated/α-hetero) is 1. The summed E-state index contributed by atoms with van der Waals surface area (Å²) in [6.07, 6.45) is 4.36. The quantitative estimate of drug-likeness (QED) is 0.547. The van der Waals surface area contributed by atoms with Crippen LogP contribution in [-0.2, 0) is 0 Å². The van der Waals surface area contributed by atoms with Crippen LogP contribution in [0.4, 0.5) is 0 Å². The lowest BCUT2D eigenvalue weighted by Crippen LogP contribution is -1.95. The molecule has 1 aromatic rings. The van der Waals surface area contributed by atoms with Gasteiger partial charge in [-0.1, -0.05) is 43.3 Å². The van der Waals surface area contributed by atoms with Gasteiger partial charge in [0, 0.05) is 17.9 Å². The molecule has 0 heterocycles. The highest BCUT2D eigenvalue weighted by Gasteiger charge is 2.00. The number of benzene rings is 1. The number of carbonyl (C=O) groups is 1. The molecule has 0 radical (unpaired) electrons. The Kier molecular flexibility index (Phi) is 4.41. The number of ketones is 1. The van der Waals surface area contributed by atoms with Crippen LogP contribution in [0.3, 0.4) is 0 Å². The fourth-order valence-electron chi connectivity index (χ4n) is 1.16. The molecule has 0 saturated carbocycles. The van der Waals surface area contributed by atoms with Gasteiger partial charge in [0.15, 0.2) is 5.78 Å². The van der Waals surface area contributed by atoms with E-state index in [1.807, 2.05) is 43.3 Å². The Bertz CT molecular complexity index is 325. The number of alkyl halides is 1. The lowest BCUT2D eigenvalue weighted by molar-refractivity contribution is 0.0988. The van der Waals surface area contributed by atoms with Crippen LogP contribution in [0.1, 0.15) is 29.3 Å². The van der Waals surface area contributed by atoms with E-state index in [4.69, 9.17) is 11.6 Å². The minimum Gasteiger partial charge on any atom is -0.294 e. The summed E-state index contributed by atoms with van der Waals surface area (Å²) in [6.45, 7) is 1.86. The van der Waals surface area contributed by atoms with E-state index < -0.39 is 0 Å². The van der Waals surface area contributed by atoms with E-state index in [2.05, 4.69) is 0 Å². The normalized spacial score (nSPS) is 10.7. The Morgan fingerprint density at radius 3 is 2.50 bits per heavy atom. The number of halogens is 1. The van der Waals surface area contributed by atoms with Gasteiger partial charge in [-0.15, -0.1) is 11.6 Å². The molecule has 1 rings (SSSR count). The van der Waals surface area contributed by atoms with Gasteiger partial charge in [0.05, 0.1) is 0 Å². The van der Waals surface area contributed by atoms with Crippen molar-refractivity contribution < 1.29 is 4.79 Å². The zero-order valence-corrected chi connectivity index (χ0v) is 8.92. The van der Waals surface area contributed by atoms with Crippen molar-refractivity contribution in [3.63, 3.8) is 0 Å². The summed E-state index contributed by atoms with van der Waals surface area (Å²) in [4.78, 5) is 11.3. The minimum atomic E-state index is 0.179. The van der Waals surface area contributed by atoms with Gasteiger partial charge in [-0.05, 0) is 5.56 Å². The van der Waals surface area contributed by atoms with Gasteiger partial charge in [-0.2, -0.15) is 0 Å².